The van der Waals surface area contributed by atoms with E-state index in [2.05, 4.69) is 33.8 Å². The van der Waals surface area contributed by atoms with Crippen molar-refractivity contribution < 1.29 is 9.53 Å². The largest absolute Gasteiger partial charge is 0.469 e. The van der Waals surface area contributed by atoms with Crippen molar-refractivity contribution in [3.63, 3.8) is 0 Å². The van der Waals surface area contributed by atoms with E-state index in [0.717, 1.165) is 6.42 Å². The van der Waals surface area contributed by atoms with Gasteiger partial charge in [0.25, 0.3) is 0 Å². The molecular weight excluding hydrogens is 176 g/mol. The summed E-state index contributed by atoms with van der Waals surface area (Å²) in [4.78, 5) is 11.7. The van der Waals surface area contributed by atoms with Crippen molar-refractivity contribution in [1.82, 2.24) is 0 Å². The number of esters is 1. The molecule has 0 radical (unpaired) electrons. The lowest BCUT2D eigenvalue weighted by molar-refractivity contribution is -0.151. The molecule has 14 heavy (non-hydrogen) atoms. The van der Waals surface area contributed by atoms with Gasteiger partial charge in [0.2, 0.25) is 0 Å². The summed E-state index contributed by atoms with van der Waals surface area (Å²) in [6, 6.07) is 0. The van der Waals surface area contributed by atoms with Gasteiger partial charge in [0.05, 0.1) is 13.0 Å². The Balaban J connectivity index is 3.02. The number of rotatable bonds is 1. The van der Waals surface area contributed by atoms with Gasteiger partial charge in [0.1, 0.15) is 0 Å². The maximum Gasteiger partial charge on any atom is 0.309 e. The van der Waals surface area contributed by atoms with Gasteiger partial charge in [-0.2, -0.15) is 0 Å². The molecule has 2 unspecified atom stereocenters. The van der Waals surface area contributed by atoms with Crippen LogP contribution < -0.4 is 0 Å². The predicted molar refractivity (Wildman–Crippen MR) is 56.8 cm³/mol. The number of ether oxygens (including phenoxy) is 1. The van der Waals surface area contributed by atoms with E-state index in [1.165, 1.54) is 12.7 Å². The zero-order chi connectivity index (χ0) is 10.9. The molecule has 0 spiro atoms. The van der Waals surface area contributed by atoms with Crippen molar-refractivity contribution in [2.75, 3.05) is 7.11 Å². The fourth-order valence-electron chi connectivity index (χ4n) is 2.37. The number of methoxy groups -OCH3 is 1. The summed E-state index contributed by atoms with van der Waals surface area (Å²) in [5, 5.41) is 0. The van der Waals surface area contributed by atoms with Crippen LogP contribution in [-0.4, -0.2) is 13.1 Å². The van der Waals surface area contributed by atoms with Crippen LogP contribution in [0.15, 0.2) is 11.6 Å². The minimum absolute atomic E-state index is 0.00231. The van der Waals surface area contributed by atoms with Crippen molar-refractivity contribution in [2.45, 2.75) is 34.1 Å². The predicted octanol–water partition coefficient (Wildman–Crippen LogP) is 2.79. The molecule has 0 heterocycles. The van der Waals surface area contributed by atoms with E-state index in [-0.39, 0.29) is 17.3 Å². The molecule has 80 valence electrons. The smallest absolute Gasteiger partial charge is 0.309 e. The highest BCUT2D eigenvalue weighted by molar-refractivity contribution is 5.74. The van der Waals surface area contributed by atoms with E-state index in [1.807, 2.05) is 0 Å². The van der Waals surface area contributed by atoms with E-state index in [0.29, 0.717) is 5.92 Å². The molecule has 2 nitrogen and oxygen atoms in total. The first-order chi connectivity index (χ1) is 6.41. The number of hydrogen-bond donors (Lipinski definition) is 0. The molecule has 0 N–H and O–H groups in total. The topological polar surface area (TPSA) is 26.3 Å². The maximum absolute atomic E-state index is 11.7. The third-order valence-electron chi connectivity index (χ3n) is 3.61. The molecule has 0 fully saturated rings. The molecular formula is C12H20O2. The van der Waals surface area contributed by atoms with Crippen molar-refractivity contribution in [1.29, 1.82) is 0 Å². The van der Waals surface area contributed by atoms with Gasteiger partial charge in [-0.05, 0) is 24.7 Å². The summed E-state index contributed by atoms with van der Waals surface area (Å²) in [7, 11) is 1.47. The van der Waals surface area contributed by atoms with Crippen LogP contribution in [0.4, 0.5) is 0 Å². The summed E-state index contributed by atoms with van der Waals surface area (Å²) in [5.74, 6) is 0.300. The van der Waals surface area contributed by atoms with Gasteiger partial charge >= 0.3 is 5.97 Å². The monoisotopic (exact) mass is 196 g/mol. The number of allylic oxidation sites excluding steroid dienone is 2. The molecule has 2 heteroatoms. The number of carbonyl (C=O) groups is 1. The highest BCUT2D eigenvalue weighted by Crippen LogP contribution is 2.44. The molecule has 1 aliphatic carbocycles. The molecule has 0 aromatic carbocycles. The fraction of sp³-hybridized carbons (Fsp3) is 0.750. The second-order valence-electron chi connectivity index (χ2n) is 4.82. The fourth-order valence-corrected chi connectivity index (χ4v) is 2.37. The quantitative estimate of drug-likeness (QED) is 0.476. The van der Waals surface area contributed by atoms with Crippen LogP contribution in [0.5, 0.6) is 0 Å². The Hall–Kier alpha value is -0.790. The minimum atomic E-state index is -0.0741. The van der Waals surface area contributed by atoms with Crippen LogP contribution in [0.25, 0.3) is 0 Å². The molecule has 0 aliphatic heterocycles. The van der Waals surface area contributed by atoms with E-state index in [9.17, 15) is 4.79 Å². The summed E-state index contributed by atoms with van der Waals surface area (Å²) >= 11 is 0. The van der Waals surface area contributed by atoms with Crippen molar-refractivity contribution in [3.8, 4) is 0 Å². The van der Waals surface area contributed by atoms with Crippen molar-refractivity contribution >= 4 is 5.97 Å². The van der Waals surface area contributed by atoms with Crippen LogP contribution in [0, 0.1) is 17.3 Å². The lowest BCUT2D eigenvalue weighted by Gasteiger charge is -2.40. The summed E-state index contributed by atoms with van der Waals surface area (Å²) < 4.78 is 4.88. The number of carbonyl (C=O) groups excluding carboxylic acids is 1. The van der Waals surface area contributed by atoms with Gasteiger partial charge in [0.15, 0.2) is 0 Å². The first kappa shape index (κ1) is 11.3. The van der Waals surface area contributed by atoms with Crippen LogP contribution in [0.3, 0.4) is 0 Å². The van der Waals surface area contributed by atoms with E-state index >= 15 is 0 Å². The van der Waals surface area contributed by atoms with Gasteiger partial charge in [-0.15, -0.1) is 0 Å². The molecule has 0 amide bonds. The second kappa shape index (κ2) is 3.76. The molecule has 1 aliphatic rings. The maximum atomic E-state index is 11.7. The highest BCUT2D eigenvalue weighted by Gasteiger charge is 2.42. The Labute approximate surface area is 86.3 Å². The van der Waals surface area contributed by atoms with E-state index in [4.69, 9.17) is 4.74 Å². The third-order valence-corrected chi connectivity index (χ3v) is 3.61. The standard InChI is InChI=1S/C12H20O2/c1-8-6-7-9(2)12(3,4)10(8)11(13)14-5/h7-8,10H,6H2,1-5H3. The van der Waals surface area contributed by atoms with Crippen LogP contribution in [-0.2, 0) is 9.53 Å². The van der Waals surface area contributed by atoms with Crippen LogP contribution in [0.1, 0.15) is 34.1 Å². The molecule has 1 rings (SSSR count). The molecule has 0 saturated heterocycles. The first-order valence-corrected chi connectivity index (χ1v) is 5.16. The number of hydrogen-bond acceptors (Lipinski definition) is 2. The SMILES string of the molecule is COC(=O)C1C(C)CC=C(C)C1(C)C. The van der Waals surface area contributed by atoms with Gasteiger partial charge < -0.3 is 4.74 Å². The Morgan fingerprint density at radius 3 is 2.64 bits per heavy atom. The Morgan fingerprint density at radius 2 is 2.14 bits per heavy atom. The Morgan fingerprint density at radius 1 is 1.57 bits per heavy atom. The normalized spacial score (nSPS) is 30.8. The first-order valence-electron chi connectivity index (χ1n) is 5.16. The van der Waals surface area contributed by atoms with Crippen molar-refractivity contribution in [2.24, 2.45) is 17.3 Å². The average Bonchev–Trinajstić information content (AvgIpc) is 2.11. The van der Waals surface area contributed by atoms with E-state index in [1.54, 1.807) is 0 Å². The average molecular weight is 196 g/mol. The van der Waals surface area contributed by atoms with Gasteiger partial charge in [-0.3, -0.25) is 4.79 Å². The zero-order valence-electron chi connectivity index (χ0n) is 9.76. The Kier molecular flexibility index (Phi) is 3.03. The van der Waals surface area contributed by atoms with E-state index < -0.39 is 0 Å². The van der Waals surface area contributed by atoms with Gasteiger partial charge in [-0.1, -0.05) is 32.4 Å². The molecule has 0 aromatic heterocycles. The molecule has 0 saturated carbocycles. The van der Waals surface area contributed by atoms with Crippen LogP contribution in [0.2, 0.25) is 0 Å². The lowest BCUT2D eigenvalue weighted by atomic mass is 9.64. The van der Waals surface area contributed by atoms with Gasteiger partial charge in [0, 0.05) is 0 Å². The summed E-state index contributed by atoms with van der Waals surface area (Å²) in [6.45, 7) is 8.46. The minimum Gasteiger partial charge on any atom is -0.469 e. The lowest BCUT2D eigenvalue weighted by Crippen LogP contribution is -2.39. The summed E-state index contributed by atoms with van der Waals surface area (Å²) in [5.41, 5.74) is 1.23. The van der Waals surface area contributed by atoms with Crippen LogP contribution >= 0.6 is 0 Å². The summed E-state index contributed by atoms with van der Waals surface area (Å²) in [6.07, 6.45) is 3.22. The third kappa shape index (κ3) is 1.70. The molecule has 0 aromatic rings. The molecule has 2 atom stereocenters. The Bertz CT molecular complexity index is 263. The highest BCUT2D eigenvalue weighted by atomic mass is 16.5. The molecule has 0 bridgehead atoms. The van der Waals surface area contributed by atoms with Crippen molar-refractivity contribution in [3.05, 3.63) is 11.6 Å². The zero-order valence-corrected chi connectivity index (χ0v) is 9.76. The second-order valence-corrected chi connectivity index (χ2v) is 4.82. The van der Waals surface area contributed by atoms with Gasteiger partial charge in [-0.25, -0.2) is 0 Å².